The number of hydrogen-bond acceptors (Lipinski definition) is 2. The van der Waals surface area contributed by atoms with Crippen molar-refractivity contribution in [1.82, 2.24) is 4.31 Å². The Morgan fingerprint density at radius 1 is 1.04 bits per heavy atom. The van der Waals surface area contributed by atoms with Gasteiger partial charge in [0, 0.05) is 5.92 Å². The van der Waals surface area contributed by atoms with Crippen molar-refractivity contribution in [3.05, 3.63) is 48.0 Å². The Kier molecular flexibility index (Phi) is 4.50. The van der Waals surface area contributed by atoms with Crippen molar-refractivity contribution in [1.29, 1.82) is 0 Å². The van der Waals surface area contributed by atoms with E-state index in [1.54, 1.807) is 9.21 Å². The Morgan fingerprint density at radius 3 is 2.42 bits per heavy atom. The highest BCUT2D eigenvalue weighted by Crippen LogP contribution is 2.42. The molecular formula is C19H27N2O2S+. The van der Waals surface area contributed by atoms with Gasteiger partial charge < -0.3 is 4.90 Å². The van der Waals surface area contributed by atoms with E-state index in [4.69, 9.17) is 0 Å². The summed E-state index contributed by atoms with van der Waals surface area (Å²) in [5.41, 5.74) is 0.876. The van der Waals surface area contributed by atoms with Gasteiger partial charge in [-0.05, 0) is 30.2 Å². The second-order valence-corrected chi connectivity index (χ2v) is 9.60. The minimum atomic E-state index is -3.19. The number of allylic oxidation sites excluding steroid dienone is 2. The number of piperazine rings is 1. The molecule has 5 heteroatoms. The van der Waals surface area contributed by atoms with Crippen LogP contribution in [0.5, 0.6) is 0 Å². The van der Waals surface area contributed by atoms with E-state index >= 15 is 0 Å². The fourth-order valence-corrected chi connectivity index (χ4v) is 6.20. The SMILES string of the molecule is O=S(=O)(Cc1ccccc1)N1CC[NH+](C[C@@H]2C[C@@H]3C=C[C@H]2C3)CC1. The third kappa shape index (κ3) is 3.44. The van der Waals surface area contributed by atoms with Gasteiger partial charge in [0.15, 0.2) is 0 Å². The molecule has 0 unspecified atom stereocenters. The normalized spacial score (nSPS) is 30.9. The molecule has 130 valence electrons. The molecule has 4 nitrogen and oxygen atoms in total. The van der Waals surface area contributed by atoms with Crippen LogP contribution in [0.25, 0.3) is 0 Å². The summed E-state index contributed by atoms with van der Waals surface area (Å²) in [5.74, 6) is 2.57. The average Bonchev–Trinajstić information content (AvgIpc) is 3.19. The Hall–Kier alpha value is -1.17. The van der Waals surface area contributed by atoms with Crippen LogP contribution in [0.2, 0.25) is 0 Å². The Labute approximate surface area is 145 Å². The maximum Gasteiger partial charge on any atom is 0.218 e. The largest absolute Gasteiger partial charge is 0.333 e. The van der Waals surface area contributed by atoms with Gasteiger partial charge in [0.25, 0.3) is 0 Å². The topological polar surface area (TPSA) is 41.8 Å². The van der Waals surface area contributed by atoms with Crippen LogP contribution >= 0.6 is 0 Å². The van der Waals surface area contributed by atoms with E-state index in [9.17, 15) is 8.42 Å². The van der Waals surface area contributed by atoms with Gasteiger partial charge >= 0.3 is 0 Å². The van der Waals surface area contributed by atoms with Crippen LogP contribution in [0.1, 0.15) is 18.4 Å². The van der Waals surface area contributed by atoms with Crippen LogP contribution in [0, 0.1) is 17.8 Å². The highest BCUT2D eigenvalue weighted by molar-refractivity contribution is 7.88. The molecule has 3 aliphatic rings. The highest BCUT2D eigenvalue weighted by Gasteiger charge is 2.39. The molecule has 24 heavy (non-hydrogen) atoms. The maximum absolute atomic E-state index is 12.6. The Bertz CT molecular complexity index is 693. The molecule has 1 saturated heterocycles. The van der Waals surface area contributed by atoms with Crippen LogP contribution in [-0.4, -0.2) is 45.4 Å². The first-order valence-corrected chi connectivity index (χ1v) is 10.7. The monoisotopic (exact) mass is 347 g/mol. The zero-order valence-corrected chi connectivity index (χ0v) is 14.9. The summed E-state index contributed by atoms with van der Waals surface area (Å²) >= 11 is 0. The molecule has 2 bridgehead atoms. The van der Waals surface area contributed by atoms with E-state index in [1.165, 1.54) is 19.4 Å². The number of rotatable bonds is 5. The van der Waals surface area contributed by atoms with Gasteiger partial charge in [-0.1, -0.05) is 42.5 Å². The molecule has 1 aliphatic heterocycles. The number of benzene rings is 1. The molecule has 2 fully saturated rings. The van der Waals surface area contributed by atoms with Crippen molar-refractivity contribution in [3.8, 4) is 0 Å². The zero-order valence-electron chi connectivity index (χ0n) is 14.1. The number of quaternary nitrogens is 1. The van der Waals surface area contributed by atoms with Crippen LogP contribution < -0.4 is 4.90 Å². The van der Waals surface area contributed by atoms with E-state index < -0.39 is 10.0 Å². The zero-order chi connectivity index (χ0) is 16.6. The van der Waals surface area contributed by atoms with Gasteiger partial charge in [-0.3, -0.25) is 0 Å². The van der Waals surface area contributed by atoms with E-state index in [0.29, 0.717) is 13.1 Å². The molecule has 1 saturated carbocycles. The summed E-state index contributed by atoms with van der Waals surface area (Å²) < 4.78 is 26.9. The molecular weight excluding hydrogens is 320 g/mol. The molecule has 1 aromatic carbocycles. The summed E-state index contributed by atoms with van der Waals surface area (Å²) in [6.45, 7) is 4.46. The van der Waals surface area contributed by atoms with E-state index in [0.717, 1.165) is 36.4 Å². The first-order chi connectivity index (χ1) is 11.6. The first-order valence-electron chi connectivity index (χ1n) is 9.14. The first kappa shape index (κ1) is 16.3. The smallest absolute Gasteiger partial charge is 0.218 e. The highest BCUT2D eigenvalue weighted by atomic mass is 32.2. The molecule has 1 heterocycles. The van der Waals surface area contributed by atoms with Crippen molar-refractivity contribution in [2.24, 2.45) is 17.8 Å². The number of nitrogens with one attached hydrogen (secondary N) is 1. The molecule has 1 N–H and O–H groups in total. The Balaban J connectivity index is 1.30. The fourth-order valence-electron chi connectivity index (χ4n) is 4.66. The molecule has 2 aliphatic carbocycles. The molecule has 0 spiro atoms. The van der Waals surface area contributed by atoms with E-state index in [-0.39, 0.29) is 5.75 Å². The van der Waals surface area contributed by atoms with Crippen LogP contribution in [0.4, 0.5) is 0 Å². The predicted octanol–water partition coefficient (Wildman–Crippen LogP) is 0.929. The maximum atomic E-state index is 12.6. The summed E-state index contributed by atoms with van der Waals surface area (Å²) in [5, 5.41) is 0. The van der Waals surface area contributed by atoms with Crippen LogP contribution in [0.3, 0.4) is 0 Å². The number of sulfonamides is 1. The van der Waals surface area contributed by atoms with Gasteiger partial charge in [0.1, 0.15) is 0 Å². The summed E-state index contributed by atoms with van der Waals surface area (Å²) in [7, 11) is -3.19. The van der Waals surface area contributed by atoms with Crippen molar-refractivity contribution in [3.63, 3.8) is 0 Å². The Morgan fingerprint density at radius 2 is 1.79 bits per heavy atom. The summed E-state index contributed by atoms with van der Waals surface area (Å²) in [4.78, 5) is 1.59. The molecule has 0 aromatic heterocycles. The lowest BCUT2D eigenvalue weighted by Gasteiger charge is -2.33. The standard InChI is InChI=1S/C19H26N2O2S/c22-24(23,15-16-4-2-1-3-5-16)21-10-8-20(9-11-21)14-19-13-17-6-7-18(19)12-17/h1-7,17-19H,8-15H2/p+1/t17-,18+,19+/m1/s1. The van der Waals surface area contributed by atoms with E-state index in [1.807, 2.05) is 30.3 Å². The van der Waals surface area contributed by atoms with Gasteiger partial charge in [0.05, 0.1) is 38.5 Å². The third-order valence-corrected chi connectivity index (χ3v) is 7.83. The van der Waals surface area contributed by atoms with Crippen LogP contribution in [-0.2, 0) is 15.8 Å². The molecule has 4 rings (SSSR count). The number of hydrogen-bond donors (Lipinski definition) is 1. The lowest BCUT2D eigenvalue weighted by molar-refractivity contribution is -0.907. The molecule has 3 atom stereocenters. The quantitative estimate of drug-likeness (QED) is 0.805. The minimum absolute atomic E-state index is 0.125. The molecule has 0 radical (unpaired) electrons. The average molecular weight is 348 g/mol. The van der Waals surface area contributed by atoms with Crippen molar-refractivity contribution in [2.75, 3.05) is 32.7 Å². The second kappa shape index (κ2) is 6.62. The molecule has 0 amide bonds. The minimum Gasteiger partial charge on any atom is -0.333 e. The lowest BCUT2D eigenvalue weighted by Crippen LogP contribution is -3.15. The van der Waals surface area contributed by atoms with E-state index in [2.05, 4.69) is 12.2 Å². The summed E-state index contributed by atoms with van der Waals surface area (Å²) in [6, 6.07) is 9.50. The molecule has 1 aromatic rings. The second-order valence-electron chi connectivity index (χ2n) is 7.64. The van der Waals surface area contributed by atoms with Crippen molar-refractivity contribution >= 4 is 10.0 Å². The third-order valence-electron chi connectivity index (χ3n) is 5.98. The van der Waals surface area contributed by atoms with Gasteiger partial charge in [-0.25, -0.2) is 8.42 Å². The fraction of sp³-hybridized carbons (Fsp3) is 0.579. The summed E-state index contributed by atoms with van der Waals surface area (Å²) in [6.07, 6.45) is 7.51. The van der Waals surface area contributed by atoms with Crippen molar-refractivity contribution in [2.45, 2.75) is 18.6 Å². The van der Waals surface area contributed by atoms with Gasteiger partial charge in [0.2, 0.25) is 10.0 Å². The predicted molar refractivity (Wildman–Crippen MR) is 95.0 cm³/mol. The number of fused-ring (bicyclic) bond motifs is 2. The van der Waals surface area contributed by atoms with Crippen molar-refractivity contribution < 1.29 is 13.3 Å². The van der Waals surface area contributed by atoms with Crippen LogP contribution in [0.15, 0.2) is 42.5 Å². The number of nitrogens with zero attached hydrogens (tertiary/aromatic N) is 1. The van der Waals surface area contributed by atoms with Gasteiger partial charge in [-0.15, -0.1) is 0 Å². The lowest BCUT2D eigenvalue weighted by atomic mass is 9.93. The van der Waals surface area contributed by atoms with Gasteiger partial charge in [-0.2, -0.15) is 4.31 Å².